The molecule has 2 rings (SSSR count). The van der Waals surface area contributed by atoms with Gasteiger partial charge in [-0.05, 0) is 37.0 Å². The van der Waals surface area contributed by atoms with E-state index in [1.165, 1.54) is 12.1 Å². The van der Waals surface area contributed by atoms with Gasteiger partial charge in [0.15, 0.2) is 0 Å². The molecule has 1 aromatic rings. The van der Waals surface area contributed by atoms with Crippen LogP contribution in [0.3, 0.4) is 0 Å². The lowest BCUT2D eigenvalue weighted by Gasteiger charge is -2.15. The summed E-state index contributed by atoms with van der Waals surface area (Å²) in [6.45, 7) is 0. The van der Waals surface area contributed by atoms with Crippen LogP contribution in [-0.2, 0) is 21.4 Å². The van der Waals surface area contributed by atoms with E-state index in [4.69, 9.17) is 10.2 Å². The summed E-state index contributed by atoms with van der Waals surface area (Å²) in [7, 11) is -3.82. The van der Waals surface area contributed by atoms with Crippen molar-refractivity contribution in [1.29, 1.82) is 0 Å². The van der Waals surface area contributed by atoms with Crippen molar-refractivity contribution < 1.29 is 23.4 Å². The van der Waals surface area contributed by atoms with Crippen LogP contribution in [-0.4, -0.2) is 36.7 Å². The van der Waals surface area contributed by atoms with Crippen molar-refractivity contribution >= 4 is 16.2 Å². The second-order valence-electron chi connectivity index (χ2n) is 4.77. The maximum atomic E-state index is 11.7. The zero-order valence-corrected chi connectivity index (χ0v) is 11.4. The molecule has 1 saturated carbocycles. The summed E-state index contributed by atoms with van der Waals surface area (Å²) in [5, 5.41) is 18.3. The molecule has 0 aromatic heterocycles. The molecule has 110 valence electrons. The quantitative estimate of drug-likeness (QED) is 0.564. The fourth-order valence-electron chi connectivity index (χ4n) is 1.69. The second kappa shape index (κ2) is 5.78. The van der Waals surface area contributed by atoms with Crippen molar-refractivity contribution in [3.63, 3.8) is 0 Å². The van der Waals surface area contributed by atoms with Gasteiger partial charge in [0.25, 0.3) is 10.2 Å². The molecule has 0 radical (unpaired) electrons. The SMILES string of the molecule is O=C(O)C(Cc1ccc(O)cc1)NS(=O)(=O)NC1CC1. The minimum Gasteiger partial charge on any atom is -0.508 e. The predicted octanol–water partition coefficient (Wildman–Crippen LogP) is -0.0257. The van der Waals surface area contributed by atoms with Gasteiger partial charge in [-0.1, -0.05) is 12.1 Å². The maximum absolute atomic E-state index is 11.7. The Morgan fingerprint density at radius 2 is 1.90 bits per heavy atom. The van der Waals surface area contributed by atoms with Crippen LogP contribution in [0.15, 0.2) is 24.3 Å². The molecule has 1 atom stereocenters. The Kier molecular flexibility index (Phi) is 4.26. The van der Waals surface area contributed by atoms with E-state index in [2.05, 4.69) is 9.44 Å². The van der Waals surface area contributed by atoms with Crippen LogP contribution >= 0.6 is 0 Å². The Morgan fingerprint density at radius 3 is 2.40 bits per heavy atom. The summed E-state index contributed by atoms with van der Waals surface area (Å²) in [4.78, 5) is 11.1. The minimum atomic E-state index is -3.82. The molecule has 1 fully saturated rings. The number of carboxylic acids is 1. The average Bonchev–Trinajstić information content (AvgIpc) is 3.14. The zero-order valence-electron chi connectivity index (χ0n) is 10.6. The van der Waals surface area contributed by atoms with Crippen LogP contribution < -0.4 is 9.44 Å². The molecule has 1 aliphatic rings. The molecule has 1 aliphatic carbocycles. The van der Waals surface area contributed by atoms with Gasteiger partial charge < -0.3 is 10.2 Å². The molecule has 0 saturated heterocycles. The van der Waals surface area contributed by atoms with Crippen LogP contribution in [0.5, 0.6) is 5.75 Å². The molecule has 0 heterocycles. The van der Waals surface area contributed by atoms with E-state index >= 15 is 0 Å². The van der Waals surface area contributed by atoms with E-state index in [1.807, 2.05) is 0 Å². The van der Waals surface area contributed by atoms with Crippen molar-refractivity contribution in [3.05, 3.63) is 29.8 Å². The molecule has 0 aliphatic heterocycles. The Balaban J connectivity index is 2.03. The number of carbonyl (C=O) groups is 1. The average molecular weight is 300 g/mol. The van der Waals surface area contributed by atoms with E-state index in [-0.39, 0.29) is 18.2 Å². The summed E-state index contributed by atoms with van der Waals surface area (Å²) in [6.07, 6.45) is 1.55. The first-order valence-electron chi connectivity index (χ1n) is 6.16. The molecular weight excluding hydrogens is 284 g/mol. The molecule has 1 unspecified atom stereocenters. The number of carboxylic acid groups (broad SMARTS) is 1. The van der Waals surface area contributed by atoms with Gasteiger partial charge in [0.2, 0.25) is 0 Å². The monoisotopic (exact) mass is 300 g/mol. The fraction of sp³-hybridized carbons (Fsp3) is 0.417. The van der Waals surface area contributed by atoms with Gasteiger partial charge in [-0.15, -0.1) is 0 Å². The molecule has 8 heteroatoms. The molecule has 4 N–H and O–H groups in total. The smallest absolute Gasteiger partial charge is 0.322 e. The van der Waals surface area contributed by atoms with E-state index in [9.17, 15) is 13.2 Å². The van der Waals surface area contributed by atoms with Crippen molar-refractivity contribution in [1.82, 2.24) is 9.44 Å². The first-order valence-corrected chi connectivity index (χ1v) is 7.64. The number of rotatable bonds is 7. The van der Waals surface area contributed by atoms with E-state index in [0.717, 1.165) is 12.8 Å². The standard InChI is InChI=1S/C12H16N2O5S/c15-10-5-1-8(2-6-10)7-11(12(16)17)14-20(18,19)13-9-3-4-9/h1-2,5-6,9,11,13-15H,3-4,7H2,(H,16,17). The van der Waals surface area contributed by atoms with Gasteiger partial charge in [0.1, 0.15) is 11.8 Å². The first kappa shape index (κ1) is 14.8. The minimum absolute atomic E-state index is 0.00118. The predicted molar refractivity (Wildman–Crippen MR) is 71.4 cm³/mol. The number of benzene rings is 1. The highest BCUT2D eigenvalue weighted by Crippen LogP contribution is 2.19. The van der Waals surface area contributed by atoms with Crippen molar-refractivity contribution in [2.24, 2.45) is 0 Å². The molecule has 7 nitrogen and oxygen atoms in total. The van der Waals surface area contributed by atoms with Gasteiger partial charge in [0, 0.05) is 6.04 Å². The van der Waals surface area contributed by atoms with Crippen LogP contribution in [0.25, 0.3) is 0 Å². The lowest BCUT2D eigenvalue weighted by molar-refractivity contribution is -0.138. The zero-order chi connectivity index (χ0) is 14.8. The maximum Gasteiger partial charge on any atom is 0.322 e. The van der Waals surface area contributed by atoms with Crippen LogP contribution in [0.1, 0.15) is 18.4 Å². The molecular formula is C12H16N2O5S. The fourth-order valence-corrected chi connectivity index (χ4v) is 2.99. The van der Waals surface area contributed by atoms with Crippen LogP contribution in [0, 0.1) is 0 Å². The summed E-state index contributed by atoms with van der Waals surface area (Å²) >= 11 is 0. The largest absolute Gasteiger partial charge is 0.508 e. The topological polar surface area (TPSA) is 116 Å². The lowest BCUT2D eigenvalue weighted by Crippen LogP contribution is -2.48. The third-order valence-corrected chi connectivity index (χ3v) is 4.11. The Bertz CT molecular complexity index is 580. The van der Waals surface area contributed by atoms with Gasteiger partial charge in [0.05, 0.1) is 0 Å². The van der Waals surface area contributed by atoms with E-state index < -0.39 is 22.2 Å². The van der Waals surface area contributed by atoms with Crippen LogP contribution in [0.4, 0.5) is 0 Å². The van der Waals surface area contributed by atoms with Crippen LogP contribution in [0.2, 0.25) is 0 Å². The Morgan fingerprint density at radius 1 is 1.30 bits per heavy atom. The number of hydrogen-bond donors (Lipinski definition) is 4. The third-order valence-electron chi connectivity index (χ3n) is 2.87. The molecule has 0 spiro atoms. The molecule has 0 amide bonds. The van der Waals surface area contributed by atoms with Gasteiger partial charge in [-0.2, -0.15) is 17.9 Å². The van der Waals surface area contributed by atoms with Crippen molar-refractivity contribution in [3.8, 4) is 5.75 Å². The molecule has 1 aromatic carbocycles. The van der Waals surface area contributed by atoms with E-state index in [0.29, 0.717) is 5.56 Å². The number of phenols is 1. The first-order chi connectivity index (χ1) is 9.35. The molecule has 0 bridgehead atoms. The second-order valence-corrected chi connectivity index (χ2v) is 6.25. The lowest BCUT2D eigenvalue weighted by atomic mass is 10.1. The van der Waals surface area contributed by atoms with Crippen molar-refractivity contribution in [2.75, 3.05) is 0 Å². The summed E-state index contributed by atoms with van der Waals surface area (Å²) in [5.74, 6) is -1.18. The van der Waals surface area contributed by atoms with E-state index in [1.54, 1.807) is 12.1 Å². The van der Waals surface area contributed by atoms with Gasteiger partial charge in [-0.3, -0.25) is 4.79 Å². The van der Waals surface area contributed by atoms with Gasteiger partial charge >= 0.3 is 5.97 Å². The van der Waals surface area contributed by atoms with Gasteiger partial charge in [-0.25, -0.2) is 0 Å². The number of hydrogen-bond acceptors (Lipinski definition) is 4. The normalized spacial score (nSPS) is 16.8. The third kappa shape index (κ3) is 4.48. The number of nitrogens with one attached hydrogen (secondary N) is 2. The highest BCUT2D eigenvalue weighted by atomic mass is 32.2. The Hall–Kier alpha value is -1.64. The summed E-state index contributed by atoms with van der Waals surface area (Å²) < 4.78 is 27.9. The highest BCUT2D eigenvalue weighted by molar-refractivity contribution is 7.87. The summed E-state index contributed by atoms with van der Waals surface area (Å²) in [5.41, 5.74) is 0.615. The number of aliphatic carboxylic acids is 1. The Labute approximate surface area is 116 Å². The number of aromatic hydroxyl groups is 1. The summed E-state index contributed by atoms with van der Waals surface area (Å²) in [6, 6.07) is 4.60. The molecule has 20 heavy (non-hydrogen) atoms. The highest BCUT2D eigenvalue weighted by Gasteiger charge is 2.30. The van der Waals surface area contributed by atoms with Crippen molar-refractivity contribution in [2.45, 2.75) is 31.3 Å². The number of phenolic OH excluding ortho intramolecular Hbond substituents is 1.